The van der Waals surface area contributed by atoms with Crippen LogP contribution in [0.15, 0.2) is 241 Å². The van der Waals surface area contributed by atoms with Crippen molar-refractivity contribution in [3.63, 3.8) is 0 Å². The summed E-state index contributed by atoms with van der Waals surface area (Å²) in [6.45, 7) is 6.89. The lowest BCUT2D eigenvalue weighted by molar-refractivity contribution is 0.0927. The van der Waals surface area contributed by atoms with Crippen LogP contribution in [0.4, 0.5) is 18.4 Å². The number of carbonyl (C=O) groups is 2. The van der Waals surface area contributed by atoms with Crippen LogP contribution in [0.1, 0.15) is 144 Å². The first-order valence-corrected chi connectivity index (χ1v) is 50.5. The van der Waals surface area contributed by atoms with Crippen LogP contribution in [0, 0.1) is 11.6 Å². The lowest BCUT2D eigenvalue weighted by Gasteiger charge is -2.36. The van der Waals surface area contributed by atoms with E-state index in [0.29, 0.717) is 60.4 Å². The number of benzene rings is 12. The first-order chi connectivity index (χ1) is 67.9. The minimum Gasteiger partial charge on any atom is -0.497 e. The summed E-state index contributed by atoms with van der Waals surface area (Å²) in [4.78, 5) is 49.8. The highest BCUT2D eigenvalue weighted by molar-refractivity contribution is 9.10. The van der Waals surface area contributed by atoms with Gasteiger partial charge in [-0.2, -0.15) is 0 Å². The molecule has 0 spiro atoms. The molecule has 18 aromatic rings. The third kappa shape index (κ3) is 20.2. The Hall–Kier alpha value is -10.9. The number of hydrogen-bond acceptors (Lipinski definition) is 9. The van der Waals surface area contributed by atoms with Crippen molar-refractivity contribution in [1.82, 2.24) is 66.3 Å². The summed E-state index contributed by atoms with van der Waals surface area (Å²) in [5, 5.41) is 30.4. The molecule has 31 heteroatoms. The SMILES string of the molecule is CCOC(=O)N1CCc2c([nH]c3ccc(Cl)cc23)C1c1ccccc1OC.CNC(=O)N1CCc2c([nH]c3ccc(Cl)cc23)C1c1ccc(OC)cc1.Clc1ccc2[nH]c3c(c2c1)CCNC3c1ccc(Br)cc1.Clc1ccc2[nH]c3c(c2c1)CCNC3c1ccc(Cl)c(Cl)c1.Clc1ccc2[nH]c3c(c2c1)CCNC3c1cccc(Cl)c1Cl.Fc1cc(F)cc(C2NCCc3c2[nH]c2ccc(Cl)cc32)c1. The lowest BCUT2D eigenvalue weighted by Crippen LogP contribution is -2.44. The van der Waals surface area contributed by atoms with Crippen molar-refractivity contribution in [2.45, 2.75) is 81.7 Å². The molecule has 6 unspecified atom stereocenters. The van der Waals surface area contributed by atoms with Gasteiger partial charge in [0.25, 0.3) is 0 Å². The number of aromatic nitrogens is 6. The minimum absolute atomic E-state index is 0.0149. The van der Waals surface area contributed by atoms with Crippen molar-refractivity contribution in [3.05, 3.63) is 404 Å². The van der Waals surface area contributed by atoms with E-state index in [-0.39, 0.29) is 48.4 Å². The molecule has 3 amide bonds. The molecule has 12 heterocycles. The van der Waals surface area contributed by atoms with E-state index in [1.165, 1.54) is 73.1 Å². The van der Waals surface area contributed by atoms with E-state index in [1.807, 2.05) is 194 Å². The fraction of sp³-hybridized carbons (Fsp3) is 0.211. The number of halogens is 13. The highest BCUT2D eigenvalue weighted by Crippen LogP contribution is 2.47. The molecule has 0 saturated heterocycles. The number of carbonyl (C=O) groups excluding carboxylic acids is 2. The first kappa shape index (κ1) is 97.9. The maximum absolute atomic E-state index is 13.5. The predicted octanol–water partition coefficient (Wildman–Crippen LogP) is 28.9. The molecule has 0 bridgehead atoms. The fourth-order valence-electron chi connectivity index (χ4n) is 20.4. The standard InChI is InChI=1S/C21H21ClN2O3.C20H20ClN3O2.C17H14BrClN2.2C17H13Cl3N2.C17H13ClF2N2/c1-3-27-21(25)24-11-10-14-16-12-13(22)8-9-17(16)23-19(14)20(24)15-6-4-5-7-18(15)26-2;1-22-20(25)24-10-9-15-16-11-13(21)5-8-17(16)23-18(15)19(24)12-3-6-14(26-2)7-4-12;18-11-3-1-10(2-4-11)16-17-13(7-8-20-16)14-9-12(19)5-6-15(14)21-17;18-10-2-4-15-12(8-10)11-5-6-21-16(17(11)22-15)9-1-3-13(19)14(20)7-9;18-9-4-5-14-12(8-9)10-6-7-21-16(17(10)22-14)11-2-1-3-13(19)15(11)20;18-10-1-2-15-14(7-10)13-3-4-21-16(17(13)22-15)9-5-11(19)8-12(20)6-9/h4-9,12,20,23H,3,10-11H2,1-2H3;3-8,11,19,23H,9-10H2,1-2H3,(H,22,25);1-6,9,16,20-21H,7-8H2;1-4,7-8,16,21-22H,5-6H2;1-5,8,16,21-22H,6-7H2;1-2,5-8,16,21-22H,3-4H2. The first-order valence-electron chi connectivity index (χ1n) is 45.9. The number of rotatable bonds is 9. The van der Waals surface area contributed by atoms with Gasteiger partial charge in [0.05, 0.1) is 71.1 Å². The van der Waals surface area contributed by atoms with Crippen LogP contribution < -0.4 is 36.1 Å². The molecule has 6 atom stereocenters. The monoisotopic (exact) mass is 2130 g/mol. The molecule has 0 saturated carbocycles. The van der Waals surface area contributed by atoms with Crippen LogP contribution >= 0.6 is 132 Å². The van der Waals surface area contributed by atoms with Crippen LogP contribution in [-0.2, 0) is 43.3 Å². The third-order valence-corrected chi connectivity index (χ3v) is 30.2. The second-order valence-corrected chi connectivity index (χ2v) is 40.0. The molecule has 6 aromatic heterocycles. The molecule has 140 heavy (non-hydrogen) atoms. The van der Waals surface area contributed by atoms with E-state index < -0.39 is 11.6 Å². The molecule has 24 rings (SSSR count). The van der Waals surface area contributed by atoms with E-state index in [2.05, 4.69) is 109 Å². The van der Waals surface area contributed by atoms with Gasteiger partial charge < -0.3 is 75.6 Å². The summed E-state index contributed by atoms with van der Waals surface area (Å²) in [6.07, 6.45) is 5.02. The van der Waals surface area contributed by atoms with Gasteiger partial charge in [0.2, 0.25) is 0 Å². The van der Waals surface area contributed by atoms with Gasteiger partial charge in [0.1, 0.15) is 29.2 Å². The Labute approximate surface area is 865 Å². The Morgan fingerprint density at radius 2 is 0.757 bits per heavy atom. The van der Waals surface area contributed by atoms with E-state index >= 15 is 0 Å². The Kier molecular flexibility index (Phi) is 29.9. The van der Waals surface area contributed by atoms with Crippen molar-refractivity contribution in [3.8, 4) is 11.5 Å². The van der Waals surface area contributed by atoms with Gasteiger partial charge >= 0.3 is 12.1 Å². The van der Waals surface area contributed by atoms with Gasteiger partial charge in [-0.15, -0.1) is 0 Å². The Morgan fingerprint density at radius 3 is 1.19 bits per heavy atom. The van der Waals surface area contributed by atoms with Gasteiger partial charge in [-0.1, -0.05) is 193 Å². The van der Waals surface area contributed by atoms with E-state index in [9.17, 15) is 18.4 Å². The highest BCUT2D eigenvalue weighted by atomic mass is 79.9. The second kappa shape index (κ2) is 42.7. The molecule has 12 aromatic carbocycles. The van der Waals surface area contributed by atoms with Gasteiger partial charge in [0, 0.05) is 192 Å². The number of H-pyrrole nitrogens is 6. The molecular formula is C109H94BrCl10F2N13O5. The largest absolute Gasteiger partial charge is 0.497 e. The van der Waals surface area contributed by atoms with E-state index in [1.54, 1.807) is 26.2 Å². The summed E-state index contributed by atoms with van der Waals surface area (Å²) < 4.78 is 44.3. The number of urea groups is 1. The average Bonchev–Trinajstić information content (AvgIpc) is 1.56. The number of aromatic amines is 6. The molecule has 11 N–H and O–H groups in total. The Balaban J connectivity index is 0.000000107. The third-order valence-electron chi connectivity index (χ3n) is 26.7. The summed E-state index contributed by atoms with van der Waals surface area (Å²) in [7, 11) is 4.95. The lowest BCUT2D eigenvalue weighted by atomic mass is 9.92. The number of para-hydroxylation sites is 1. The van der Waals surface area contributed by atoms with Gasteiger partial charge in [-0.3, -0.25) is 4.90 Å². The summed E-state index contributed by atoms with van der Waals surface area (Å²) in [6, 6.07) is 74.1. The summed E-state index contributed by atoms with van der Waals surface area (Å²) in [5.41, 5.74) is 26.5. The highest BCUT2D eigenvalue weighted by Gasteiger charge is 2.40. The number of fused-ring (bicyclic) bond motifs is 18. The van der Waals surface area contributed by atoms with Crippen LogP contribution in [0.2, 0.25) is 50.2 Å². The van der Waals surface area contributed by atoms with E-state index in [0.717, 1.165) is 202 Å². The number of hydrogen-bond donors (Lipinski definition) is 11. The number of amides is 3. The molecule has 0 aliphatic carbocycles. The fourth-order valence-corrected chi connectivity index (χ4v) is 22.4. The zero-order valence-corrected chi connectivity index (χ0v) is 85.2. The van der Waals surface area contributed by atoms with Gasteiger partial charge in [-0.25, -0.2) is 18.4 Å². The minimum atomic E-state index is -0.567. The topological polar surface area (TPSA) is 223 Å². The van der Waals surface area contributed by atoms with Crippen LogP contribution in [-0.4, -0.2) is 119 Å². The van der Waals surface area contributed by atoms with Crippen LogP contribution in [0.5, 0.6) is 11.5 Å². The van der Waals surface area contributed by atoms with Crippen molar-refractivity contribution < 1.29 is 32.6 Å². The van der Waals surface area contributed by atoms with E-state index in [4.69, 9.17) is 130 Å². The van der Waals surface area contributed by atoms with Crippen molar-refractivity contribution in [1.29, 1.82) is 0 Å². The predicted molar refractivity (Wildman–Crippen MR) is 569 cm³/mol. The zero-order chi connectivity index (χ0) is 97.4. The number of methoxy groups -OCH3 is 2. The second-order valence-electron chi connectivity index (χ2n) is 34.8. The molecular weight excluding hydrogens is 2040 g/mol. The number of ether oxygens (including phenoxy) is 3. The summed E-state index contributed by atoms with van der Waals surface area (Å²) in [5.74, 6) is 0.396. The normalized spacial score (nSPS) is 17.2. The molecule has 6 aliphatic rings. The molecule has 0 radical (unpaired) electrons. The van der Waals surface area contributed by atoms with Crippen LogP contribution in [0.25, 0.3) is 65.4 Å². The maximum Gasteiger partial charge on any atom is 0.410 e. The number of nitrogens with one attached hydrogen (secondary N) is 11. The smallest absolute Gasteiger partial charge is 0.410 e. The van der Waals surface area contributed by atoms with Gasteiger partial charge in [-0.05, 0) is 277 Å². The Bertz CT molecular complexity index is 7700. The molecule has 18 nitrogen and oxygen atoms in total. The quantitative estimate of drug-likeness (QED) is 0.0661. The average molecular weight is 2140 g/mol. The van der Waals surface area contributed by atoms with Crippen molar-refractivity contribution >= 4 is 209 Å². The molecule has 6 aliphatic heterocycles. The van der Waals surface area contributed by atoms with Crippen LogP contribution in [0.3, 0.4) is 0 Å². The van der Waals surface area contributed by atoms with Crippen molar-refractivity contribution in [2.75, 3.05) is 67.1 Å². The van der Waals surface area contributed by atoms with Crippen molar-refractivity contribution in [2.24, 2.45) is 0 Å². The number of nitrogens with zero attached hydrogens (tertiary/aromatic N) is 2. The zero-order valence-electron chi connectivity index (χ0n) is 76.0. The Morgan fingerprint density at radius 1 is 0.371 bits per heavy atom. The maximum atomic E-state index is 13.5. The summed E-state index contributed by atoms with van der Waals surface area (Å²) >= 11 is 65.2. The molecule has 716 valence electrons. The molecule has 0 fully saturated rings. The van der Waals surface area contributed by atoms with Gasteiger partial charge in [0.15, 0.2) is 0 Å².